The number of carbonyl (C=O) groups is 3. The number of rotatable bonds is 7. The highest BCUT2D eigenvalue weighted by atomic mass is 79.9. The Balaban J connectivity index is 1.47. The molecule has 0 bridgehead atoms. The molecule has 8 nitrogen and oxygen atoms in total. The number of aromatic nitrogens is 1. The van der Waals surface area contributed by atoms with Gasteiger partial charge >= 0.3 is 6.09 Å². The molecule has 9 heteroatoms. The molecule has 0 N–H and O–H groups in total. The Morgan fingerprint density at radius 2 is 1.50 bits per heavy atom. The molecule has 5 rings (SSSR count). The van der Waals surface area contributed by atoms with Gasteiger partial charge < -0.3 is 14.5 Å². The molecule has 1 aliphatic heterocycles. The van der Waals surface area contributed by atoms with Crippen LogP contribution >= 0.6 is 15.9 Å². The third-order valence-electron chi connectivity index (χ3n) is 7.52. The lowest BCUT2D eigenvalue weighted by Crippen LogP contribution is -2.50. The lowest BCUT2D eigenvalue weighted by atomic mass is 9.94. The number of ketones is 1. The van der Waals surface area contributed by atoms with Crippen LogP contribution in [-0.2, 0) is 11.3 Å². The smallest absolute Gasteiger partial charge is 0.409 e. The number of benzene rings is 3. The van der Waals surface area contributed by atoms with Crippen LogP contribution in [0.3, 0.4) is 0 Å². The first-order chi connectivity index (χ1) is 20.3. The zero-order chi connectivity index (χ0) is 29.8. The minimum absolute atomic E-state index is 0.119. The first-order valence-electron chi connectivity index (χ1n) is 14.1. The largest absolute Gasteiger partial charge is 0.450 e. The van der Waals surface area contributed by atoms with Crippen molar-refractivity contribution in [2.75, 3.05) is 32.8 Å². The van der Waals surface area contributed by atoms with Crippen molar-refractivity contribution in [3.05, 3.63) is 104 Å². The molecule has 1 aliphatic rings. The van der Waals surface area contributed by atoms with Crippen molar-refractivity contribution in [3.63, 3.8) is 0 Å². The van der Waals surface area contributed by atoms with E-state index < -0.39 is 0 Å². The zero-order valence-corrected chi connectivity index (χ0v) is 25.2. The molecule has 0 radical (unpaired) electrons. The number of fused-ring (bicyclic) bond motifs is 1. The van der Waals surface area contributed by atoms with E-state index in [0.29, 0.717) is 49.4 Å². The number of carbonyl (C=O) groups excluding carboxylic acids is 3. The number of amides is 2. The molecule has 42 heavy (non-hydrogen) atoms. The van der Waals surface area contributed by atoms with E-state index >= 15 is 0 Å². The van der Waals surface area contributed by atoms with Crippen LogP contribution in [0.25, 0.3) is 21.9 Å². The summed E-state index contributed by atoms with van der Waals surface area (Å²) in [4.78, 5) is 55.8. The van der Waals surface area contributed by atoms with E-state index in [0.717, 1.165) is 26.5 Å². The molecule has 0 saturated carbocycles. The van der Waals surface area contributed by atoms with E-state index in [4.69, 9.17) is 4.74 Å². The first-order valence-corrected chi connectivity index (χ1v) is 14.9. The van der Waals surface area contributed by atoms with Gasteiger partial charge in [-0.3, -0.25) is 19.0 Å². The molecule has 3 aromatic carbocycles. The summed E-state index contributed by atoms with van der Waals surface area (Å²) in [7, 11) is 0. The van der Waals surface area contributed by atoms with Crippen LogP contribution in [0.15, 0.2) is 82.1 Å². The van der Waals surface area contributed by atoms with Crippen LogP contribution in [0.5, 0.6) is 0 Å². The van der Waals surface area contributed by atoms with Crippen LogP contribution in [0.1, 0.15) is 46.7 Å². The number of ether oxygens (including phenoxy) is 1. The molecule has 1 fully saturated rings. The van der Waals surface area contributed by atoms with Gasteiger partial charge in [0.2, 0.25) is 0 Å². The van der Waals surface area contributed by atoms with Gasteiger partial charge in [0.1, 0.15) is 0 Å². The third-order valence-corrected chi connectivity index (χ3v) is 8.01. The minimum atomic E-state index is -0.359. The molecule has 2 heterocycles. The van der Waals surface area contributed by atoms with E-state index in [1.54, 1.807) is 46.4 Å². The van der Waals surface area contributed by atoms with E-state index in [-0.39, 0.29) is 36.3 Å². The van der Waals surface area contributed by atoms with Crippen molar-refractivity contribution >= 4 is 44.5 Å². The lowest BCUT2D eigenvalue weighted by molar-refractivity contribution is 0.0570. The number of hydrogen-bond donors (Lipinski definition) is 0. The molecule has 1 saturated heterocycles. The topological polar surface area (TPSA) is 88.9 Å². The Bertz CT molecular complexity index is 1690. The SMILES string of the molecule is CCOC(=O)N1CCN(C(=O)c2ccc(Cn3c(C(=O)CC)c(-c4ccccc4)c4cc(Br)ccc4c3=O)cc2)CC1. The Morgan fingerprint density at radius 1 is 0.833 bits per heavy atom. The summed E-state index contributed by atoms with van der Waals surface area (Å²) in [6.07, 6.45) is -0.114. The quantitative estimate of drug-likeness (QED) is 0.234. The molecule has 4 aromatic rings. The molecule has 0 aliphatic carbocycles. The average molecular weight is 631 g/mol. The minimum Gasteiger partial charge on any atom is -0.450 e. The van der Waals surface area contributed by atoms with Crippen molar-refractivity contribution < 1.29 is 19.1 Å². The predicted molar refractivity (Wildman–Crippen MR) is 166 cm³/mol. The summed E-state index contributed by atoms with van der Waals surface area (Å²) in [6, 6.07) is 22.3. The number of hydrogen-bond acceptors (Lipinski definition) is 5. The molecule has 1 aromatic heterocycles. The predicted octanol–water partition coefficient (Wildman–Crippen LogP) is 5.99. The lowest BCUT2D eigenvalue weighted by Gasteiger charge is -2.34. The summed E-state index contributed by atoms with van der Waals surface area (Å²) >= 11 is 3.53. The number of halogens is 1. The summed E-state index contributed by atoms with van der Waals surface area (Å²) in [5.41, 5.74) is 3.03. The Morgan fingerprint density at radius 3 is 2.14 bits per heavy atom. The van der Waals surface area contributed by atoms with Crippen molar-refractivity contribution in [2.45, 2.75) is 26.8 Å². The monoisotopic (exact) mass is 629 g/mol. The van der Waals surface area contributed by atoms with Gasteiger partial charge in [-0.2, -0.15) is 0 Å². The van der Waals surface area contributed by atoms with Crippen LogP contribution < -0.4 is 5.56 Å². The number of piperazine rings is 1. The summed E-state index contributed by atoms with van der Waals surface area (Å²) in [5.74, 6) is -0.242. The standard InChI is InChI=1S/C33H32BrN3O5/c1-3-28(38)30-29(23-8-6-5-7-9-23)27-20-25(34)14-15-26(27)32(40)37(30)21-22-10-12-24(13-11-22)31(39)35-16-18-36(19-17-35)33(41)42-4-2/h5-15,20H,3-4,16-19,21H2,1-2H3. The average Bonchev–Trinajstić information content (AvgIpc) is 3.02. The molecule has 216 valence electrons. The molecular formula is C33H32BrN3O5. The third kappa shape index (κ3) is 5.87. The second-order valence-corrected chi connectivity index (χ2v) is 11.0. The maximum Gasteiger partial charge on any atom is 0.409 e. The fourth-order valence-electron chi connectivity index (χ4n) is 5.35. The highest BCUT2D eigenvalue weighted by Gasteiger charge is 2.26. The van der Waals surface area contributed by atoms with Gasteiger partial charge in [0.05, 0.1) is 18.8 Å². The highest BCUT2D eigenvalue weighted by Crippen LogP contribution is 2.33. The van der Waals surface area contributed by atoms with Gasteiger partial charge in [-0.05, 0) is 53.8 Å². The summed E-state index contributed by atoms with van der Waals surface area (Å²) in [5, 5.41) is 1.25. The fraction of sp³-hybridized carbons (Fsp3) is 0.273. The molecule has 0 atom stereocenters. The van der Waals surface area contributed by atoms with Crippen molar-refractivity contribution in [1.29, 1.82) is 0 Å². The Kier molecular flexibility index (Phi) is 8.87. The second-order valence-electron chi connectivity index (χ2n) is 10.1. The van der Waals surface area contributed by atoms with Crippen LogP contribution in [0, 0.1) is 0 Å². The number of Topliss-reactive ketones (excluding diaryl/α,β-unsaturated/α-hetero) is 1. The molecule has 0 spiro atoms. The maximum absolute atomic E-state index is 13.9. The van der Waals surface area contributed by atoms with Crippen LogP contribution in [0.4, 0.5) is 4.79 Å². The van der Waals surface area contributed by atoms with E-state index in [9.17, 15) is 19.2 Å². The normalized spacial score (nSPS) is 13.3. The van der Waals surface area contributed by atoms with Crippen molar-refractivity contribution in [2.24, 2.45) is 0 Å². The summed E-state index contributed by atoms with van der Waals surface area (Å²) < 4.78 is 7.45. The van der Waals surface area contributed by atoms with Gasteiger partial charge in [-0.25, -0.2) is 4.79 Å². The first kappa shape index (κ1) is 29.3. The van der Waals surface area contributed by atoms with E-state index in [1.807, 2.05) is 54.6 Å². The fourth-order valence-corrected chi connectivity index (χ4v) is 5.71. The van der Waals surface area contributed by atoms with E-state index in [2.05, 4.69) is 15.9 Å². The Hall–Kier alpha value is -4.24. The molecular weight excluding hydrogens is 598 g/mol. The van der Waals surface area contributed by atoms with Crippen LogP contribution in [-0.4, -0.2) is 64.9 Å². The molecule has 2 amide bonds. The highest BCUT2D eigenvalue weighted by molar-refractivity contribution is 9.10. The summed E-state index contributed by atoms with van der Waals surface area (Å²) in [6.45, 7) is 5.74. The number of pyridine rings is 1. The van der Waals surface area contributed by atoms with Gasteiger partial charge in [-0.15, -0.1) is 0 Å². The van der Waals surface area contributed by atoms with E-state index in [1.165, 1.54) is 0 Å². The van der Waals surface area contributed by atoms with Crippen molar-refractivity contribution in [3.8, 4) is 11.1 Å². The second kappa shape index (κ2) is 12.7. The molecule has 0 unspecified atom stereocenters. The zero-order valence-electron chi connectivity index (χ0n) is 23.6. The van der Waals surface area contributed by atoms with Crippen molar-refractivity contribution in [1.82, 2.24) is 14.4 Å². The van der Waals surface area contributed by atoms with Gasteiger partial charge in [0, 0.05) is 53.6 Å². The maximum atomic E-state index is 13.9. The van der Waals surface area contributed by atoms with Gasteiger partial charge in [0.15, 0.2) is 5.78 Å². The van der Waals surface area contributed by atoms with Gasteiger partial charge in [0.25, 0.3) is 11.5 Å². The van der Waals surface area contributed by atoms with Gasteiger partial charge in [-0.1, -0.05) is 65.3 Å². The Labute approximate surface area is 252 Å². The number of nitrogens with zero attached hydrogens (tertiary/aromatic N) is 3. The van der Waals surface area contributed by atoms with Crippen LogP contribution in [0.2, 0.25) is 0 Å².